The largest absolute Gasteiger partial charge is 0.464 e. The van der Waals surface area contributed by atoms with E-state index in [0.717, 1.165) is 24.9 Å². The standard InChI is InChI=1S/C17H26ClNO2/c1-3-5-6-7-8-9-16(17(20)21-4-2)19-15-12-10-14(18)11-13-15/h10-13,16,19H,3-9H2,1-2H3. The van der Waals surface area contributed by atoms with Crippen molar-refractivity contribution in [3.8, 4) is 0 Å². The fourth-order valence-electron chi connectivity index (χ4n) is 2.19. The maximum absolute atomic E-state index is 12.0. The molecule has 0 heterocycles. The summed E-state index contributed by atoms with van der Waals surface area (Å²) < 4.78 is 5.15. The summed E-state index contributed by atoms with van der Waals surface area (Å²) in [5.74, 6) is -0.178. The third kappa shape index (κ3) is 7.37. The van der Waals surface area contributed by atoms with Crippen molar-refractivity contribution in [2.24, 2.45) is 0 Å². The summed E-state index contributed by atoms with van der Waals surface area (Å²) in [6.07, 6.45) is 6.70. The first-order valence-corrected chi connectivity index (χ1v) is 8.24. The fraction of sp³-hybridized carbons (Fsp3) is 0.588. The molecule has 0 aliphatic rings. The van der Waals surface area contributed by atoms with Gasteiger partial charge in [-0.15, -0.1) is 0 Å². The Bertz CT molecular complexity index is 406. The third-order valence-electron chi connectivity index (χ3n) is 3.35. The molecule has 0 aliphatic carbocycles. The van der Waals surface area contributed by atoms with Gasteiger partial charge in [-0.05, 0) is 37.6 Å². The number of hydrogen-bond acceptors (Lipinski definition) is 3. The summed E-state index contributed by atoms with van der Waals surface area (Å²) in [6, 6.07) is 7.10. The zero-order valence-corrected chi connectivity index (χ0v) is 13.8. The molecule has 1 aromatic rings. The van der Waals surface area contributed by atoms with Crippen LogP contribution in [0, 0.1) is 0 Å². The monoisotopic (exact) mass is 311 g/mol. The smallest absolute Gasteiger partial charge is 0.328 e. The van der Waals surface area contributed by atoms with Crippen molar-refractivity contribution in [3.63, 3.8) is 0 Å². The third-order valence-corrected chi connectivity index (χ3v) is 3.60. The molecular weight excluding hydrogens is 286 g/mol. The Morgan fingerprint density at radius 3 is 2.43 bits per heavy atom. The van der Waals surface area contributed by atoms with Gasteiger partial charge in [0.2, 0.25) is 0 Å². The lowest BCUT2D eigenvalue weighted by molar-refractivity contribution is -0.144. The summed E-state index contributed by atoms with van der Waals surface area (Å²) in [4.78, 5) is 12.0. The second-order valence-corrected chi connectivity index (χ2v) is 5.60. The van der Waals surface area contributed by atoms with Gasteiger partial charge >= 0.3 is 5.97 Å². The number of esters is 1. The van der Waals surface area contributed by atoms with Gasteiger partial charge < -0.3 is 10.1 Å². The van der Waals surface area contributed by atoms with E-state index >= 15 is 0 Å². The average molecular weight is 312 g/mol. The number of benzene rings is 1. The molecule has 21 heavy (non-hydrogen) atoms. The van der Waals surface area contributed by atoms with Crippen LogP contribution < -0.4 is 5.32 Å². The van der Waals surface area contributed by atoms with E-state index < -0.39 is 0 Å². The van der Waals surface area contributed by atoms with Crippen molar-refractivity contribution in [2.75, 3.05) is 11.9 Å². The zero-order valence-electron chi connectivity index (χ0n) is 13.0. The maximum Gasteiger partial charge on any atom is 0.328 e. The molecule has 118 valence electrons. The molecule has 1 unspecified atom stereocenters. The highest BCUT2D eigenvalue weighted by Gasteiger charge is 2.19. The predicted octanol–water partition coefficient (Wildman–Crippen LogP) is 5.04. The molecule has 0 aromatic heterocycles. The molecule has 0 fully saturated rings. The Morgan fingerprint density at radius 2 is 1.81 bits per heavy atom. The lowest BCUT2D eigenvalue weighted by Gasteiger charge is -2.18. The second-order valence-electron chi connectivity index (χ2n) is 5.16. The van der Waals surface area contributed by atoms with Crippen molar-refractivity contribution in [1.29, 1.82) is 0 Å². The van der Waals surface area contributed by atoms with Gasteiger partial charge in [-0.2, -0.15) is 0 Å². The van der Waals surface area contributed by atoms with E-state index in [2.05, 4.69) is 12.2 Å². The van der Waals surface area contributed by atoms with Gasteiger partial charge in [0.05, 0.1) is 6.61 Å². The van der Waals surface area contributed by atoms with E-state index in [4.69, 9.17) is 16.3 Å². The second kappa shape index (κ2) is 10.5. The number of unbranched alkanes of at least 4 members (excludes halogenated alkanes) is 4. The number of hydrogen-bond donors (Lipinski definition) is 1. The van der Waals surface area contributed by atoms with Gasteiger partial charge in [0.1, 0.15) is 6.04 Å². The van der Waals surface area contributed by atoms with E-state index in [1.165, 1.54) is 19.3 Å². The maximum atomic E-state index is 12.0. The molecule has 0 aliphatic heterocycles. The van der Waals surface area contributed by atoms with Crippen LogP contribution in [0.5, 0.6) is 0 Å². The van der Waals surface area contributed by atoms with Crippen molar-refractivity contribution in [3.05, 3.63) is 29.3 Å². The van der Waals surface area contributed by atoms with Crippen LogP contribution in [0.15, 0.2) is 24.3 Å². The molecule has 1 N–H and O–H groups in total. The highest BCUT2D eigenvalue weighted by atomic mass is 35.5. The molecule has 0 radical (unpaired) electrons. The van der Waals surface area contributed by atoms with Crippen molar-refractivity contribution in [2.45, 2.75) is 58.4 Å². The van der Waals surface area contributed by atoms with E-state index in [-0.39, 0.29) is 12.0 Å². The number of halogens is 1. The number of carbonyl (C=O) groups excluding carboxylic acids is 1. The van der Waals surface area contributed by atoms with Crippen molar-refractivity contribution >= 4 is 23.3 Å². The molecular formula is C17H26ClNO2. The number of rotatable bonds is 10. The Labute approximate surface area is 133 Å². The minimum absolute atomic E-state index is 0.178. The molecule has 3 nitrogen and oxygen atoms in total. The topological polar surface area (TPSA) is 38.3 Å². The summed E-state index contributed by atoms with van der Waals surface area (Å²) in [5.41, 5.74) is 0.894. The van der Waals surface area contributed by atoms with Crippen LogP contribution in [0.4, 0.5) is 5.69 Å². The Balaban J connectivity index is 2.51. The van der Waals surface area contributed by atoms with E-state index in [0.29, 0.717) is 11.6 Å². The lowest BCUT2D eigenvalue weighted by Crippen LogP contribution is -2.31. The molecule has 1 rings (SSSR count). The van der Waals surface area contributed by atoms with Crippen LogP contribution in [-0.4, -0.2) is 18.6 Å². The quantitative estimate of drug-likeness (QED) is 0.485. The summed E-state index contributed by atoms with van der Waals surface area (Å²) in [6.45, 7) is 4.44. The van der Waals surface area contributed by atoms with Crippen LogP contribution in [-0.2, 0) is 9.53 Å². The fourth-order valence-corrected chi connectivity index (χ4v) is 2.32. The van der Waals surface area contributed by atoms with Gasteiger partial charge in [0, 0.05) is 10.7 Å². The van der Waals surface area contributed by atoms with E-state index in [9.17, 15) is 4.79 Å². The van der Waals surface area contributed by atoms with E-state index in [1.807, 2.05) is 31.2 Å². The van der Waals surface area contributed by atoms with Crippen molar-refractivity contribution < 1.29 is 9.53 Å². The number of carbonyl (C=O) groups is 1. The number of ether oxygens (including phenoxy) is 1. The van der Waals surface area contributed by atoms with Crippen LogP contribution in [0.3, 0.4) is 0 Å². The minimum atomic E-state index is -0.284. The molecule has 1 aromatic carbocycles. The van der Waals surface area contributed by atoms with Crippen LogP contribution in [0.2, 0.25) is 5.02 Å². The first-order valence-electron chi connectivity index (χ1n) is 7.86. The number of nitrogens with one attached hydrogen (secondary N) is 1. The van der Waals surface area contributed by atoms with Crippen LogP contribution >= 0.6 is 11.6 Å². The molecule has 0 amide bonds. The minimum Gasteiger partial charge on any atom is -0.464 e. The summed E-state index contributed by atoms with van der Waals surface area (Å²) in [7, 11) is 0. The number of anilines is 1. The highest BCUT2D eigenvalue weighted by molar-refractivity contribution is 6.30. The first-order chi connectivity index (χ1) is 10.2. The Kier molecular flexibility index (Phi) is 8.91. The molecule has 0 spiro atoms. The van der Waals surface area contributed by atoms with Gasteiger partial charge in [0.15, 0.2) is 0 Å². The highest BCUT2D eigenvalue weighted by Crippen LogP contribution is 2.17. The molecule has 0 saturated heterocycles. The molecule has 4 heteroatoms. The normalized spacial score (nSPS) is 12.0. The zero-order chi connectivity index (χ0) is 15.5. The molecule has 1 atom stereocenters. The van der Waals surface area contributed by atoms with Gasteiger partial charge in [-0.1, -0.05) is 50.6 Å². The SMILES string of the molecule is CCCCCCCC(Nc1ccc(Cl)cc1)C(=O)OCC. The van der Waals surface area contributed by atoms with Crippen molar-refractivity contribution in [1.82, 2.24) is 0 Å². The summed E-state index contributed by atoms with van der Waals surface area (Å²) in [5, 5.41) is 3.94. The first kappa shape index (κ1) is 17.8. The molecule has 0 bridgehead atoms. The molecule has 0 saturated carbocycles. The lowest BCUT2D eigenvalue weighted by atomic mass is 10.1. The Hall–Kier alpha value is -1.22. The van der Waals surface area contributed by atoms with Crippen LogP contribution in [0.1, 0.15) is 52.4 Å². The van der Waals surface area contributed by atoms with Gasteiger partial charge in [-0.3, -0.25) is 0 Å². The van der Waals surface area contributed by atoms with E-state index in [1.54, 1.807) is 0 Å². The summed E-state index contributed by atoms with van der Waals surface area (Å²) >= 11 is 5.87. The van der Waals surface area contributed by atoms with Gasteiger partial charge in [0.25, 0.3) is 0 Å². The Morgan fingerprint density at radius 1 is 1.14 bits per heavy atom. The van der Waals surface area contributed by atoms with Gasteiger partial charge in [-0.25, -0.2) is 4.79 Å². The van der Waals surface area contributed by atoms with Crippen LogP contribution in [0.25, 0.3) is 0 Å². The predicted molar refractivity (Wildman–Crippen MR) is 88.9 cm³/mol. The average Bonchev–Trinajstić information content (AvgIpc) is 2.48.